The van der Waals surface area contributed by atoms with Gasteiger partial charge < -0.3 is 10.5 Å². The summed E-state index contributed by atoms with van der Waals surface area (Å²) in [5, 5.41) is 0. The number of hydrogen-bond acceptors (Lipinski definition) is 2. The summed E-state index contributed by atoms with van der Waals surface area (Å²) in [5.41, 5.74) is 6.19. The maximum atomic E-state index is 6.06. The number of rotatable bonds is 5. The van der Waals surface area contributed by atoms with E-state index in [2.05, 4.69) is 41.5 Å². The van der Waals surface area contributed by atoms with Crippen LogP contribution in [0, 0.1) is 11.3 Å². The SMILES string of the molecule is CCC(N)C(OCC(C)C)C(C)(C)C. The van der Waals surface area contributed by atoms with Crippen LogP contribution in [0.25, 0.3) is 0 Å². The van der Waals surface area contributed by atoms with Gasteiger partial charge in [-0.2, -0.15) is 0 Å². The van der Waals surface area contributed by atoms with Crippen LogP contribution in [0.2, 0.25) is 0 Å². The minimum atomic E-state index is 0.129. The largest absolute Gasteiger partial charge is 0.376 e. The Labute approximate surface area is 89.2 Å². The van der Waals surface area contributed by atoms with Gasteiger partial charge >= 0.3 is 0 Å². The highest BCUT2D eigenvalue weighted by molar-refractivity contribution is 4.83. The first kappa shape index (κ1) is 13.9. The molecule has 0 radical (unpaired) electrons. The predicted octanol–water partition coefficient (Wildman–Crippen LogP) is 2.81. The minimum absolute atomic E-state index is 0.129. The van der Waals surface area contributed by atoms with E-state index in [1.54, 1.807) is 0 Å². The highest BCUT2D eigenvalue weighted by atomic mass is 16.5. The van der Waals surface area contributed by atoms with Crippen molar-refractivity contribution in [3.63, 3.8) is 0 Å². The van der Waals surface area contributed by atoms with E-state index in [4.69, 9.17) is 10.5 Å². The Hall–Kier alpha value is -0.0800. The van der Waals surface area contributed by atoms with Crippen molar-refractivity contribution in [2.24, 2.45) is 17.1 Å². The first-order valence-corrected chi connectivity index (χ1v) is 5.66. The molecule has 0 saturated carbocycles. The topological polar surface area (TPSA) is 35.2 Å². The molecular formula is C12H27NO. The average molecular weight is 201 g/mol. The van der Waals surface area contributed by atoms with E-state index in [0.717, 1.165) is 13.0 Å². The van der Waals surface area contributed by atoms with Gasteiger partial charge in [-0.3, -0.25) is 0 Å². The molecule has 14 heavy (non-hydrogen) atoms. The molecule has 0 rings (SSSR count). The third-order valence-electron chi connectivity index (χ3n) is 2.32. The molecule has 2 unspecified atom stereocenters. The smallest absolute Gasteiger partial charge is 0.0774 e. The van der Waals surface area contributed by atoms with Gasteiger partial charge in [-0.1, -0.05) is 41.5 Å². The molecule has 2 nitrogen and oxygen atoms in total. The van der Waals surface area contributed by atoms with Crippen molar-refractivity contribution in [2.75, 3.05) is 6.61 Å². The third-order valence-corrected chi connectivity index (χ3v) is 2.32. The summed E-state index contributed by atoms with van der Waals surface area (Å²) >= 11 is 0. The Morgan fingerprint density at radius 1 is 1.21 bits per heavy atom. The zero-order valence-electron chi connectivity index (χ0n) is 10.6. The average Bonchev–Trinajstić information content (AvgIpc) is 2.01. The van der Waals surface area contributed by atoms with Gasteiger partial charge in [-0.15, -0.1) is 0 Å². The Morgan fingerprint density at radius 3 is 2.00 bits per heavy atom. The van der Waals surface area contributed by atoms with Crippen LogP contribution in [0.15, 0.2) is 0 Å². The van der Waals surface area contributed by atoms with Crippen LogP contribution in [-0.2, 0) is 4.74 Å². The van der Waals surface area contributed by atoms with Crippen LogP contribution in [0.3, 0.4) is 0 Å². The lowest BCUT2D eigenvalue weighted by Crippen LogP contribution is -2.45. The van der Waals surface area contributed by atoms with E-state index in [-0.39, 0.29) is 17.6 Å². The maximum Gasteiger partial charge on any atom is 0.0774 e. The molecule has 2 atom stereocenters. The highest BCUT2D eigenvalue weighted by Crippen LogP contribution is 2.25. The van der Waals surface area contributed by atoms with Crippen molar-refractivity contribution in [3.05, 3.63) is 0 Å². The molecular weight excluding hydrogens is 174 g/mol. The summed E-state index contributed by atoms with van der Waals surface area (Å²) in [4.78, 5) is 0. The first-order chi connectivity index (χ1) is 6.29. The molecule has 2 N–H and O–H groups in total. The molecule has 0 aromatic carbocycles. The Kier molecular flexibility index (Phi) is 5.68. The molecule has 0 aliphatic rings. The van der Waals surface area contributed by atoms with Gasteiger partial charge in [0, 0.05) is 12.6 Å². The van der Waals surface area contributed by atoms with Crippen molar-refractivity contribution in [2.45, 2.75) is 60.1 Å². The fourth-order valence-electron chi connectivity index (χ4n) is 1.53. The molecule has 86 valence electrons. The van der Waals surface area contributed by atoms with Crippen LogP contribution in [0.5, 0.6) is 0 Å². The molecule has 0 amide bonds. The number of hydrogen-bond donors (Lipinski definition) is 1. The Bertz CT molecular complexity index is 149. The van der Waals surface area contributed by atoms with Gasteiger partial charge in [-0.25, -0.2) is 0 Å². The Balaban J connectivity index is 4.26. The lowest BCUT2D eigenvalue weighted by Gasteiger charge is -2.35. The summed E-state index contributed by atoms with van der Waals surface area (Å²) in [6.07, 6.45) is 1.13. The zero-order valence-corrected chi connectivity index (χ0v) is 10.6. The number of nitrogens with two attached hydrogens (primary N) is 1. The van der Waals surface area contributed by atoms with Gasteiger partial charge in [0.25, 0.3) is 0 Å². The molecule has 0 aliphatic carbocycles. The summed E-state index contributed by atoms with van der Waals surface area (Å²) in [6, 6.07) is 0.147. The van der Waals surface area contributed by atoms with Crippen molar-refractivity contribution in [3.8, 4) is 0 Å². The van der Waals surface area contributed by atoms with Crippen molar-refractivity contribution in [1.29, 1.82) is 0 Å². The fraction of sp³-hybridized carbons (Fsp3) is 1.00. The van der Waals surface area contributed by atoms with E-state index < -0.39 is 0 Å². The van der Waals surface area contributed by atoms with Crippen molar-refractivity contribution < 1.29 is 4.74 Å². The zero-order chi connectivity index (χ0) is 11.4. The second-order valence-corrected chi connectivity index (χ2v) is 5.59. The lowest BCUT2D eigenvalue weighted by molar-refractivity contribution is -0.0445. The molecule has 0 spiro atoms. The van der Waals surface area contributed by atoms with E-state index in [1.165, 1.54) is 0 Å². The van der Waals surface area contributed by atoms with E-state index in [1.807, 2.05) is 0 Å². The summed E-state index contributed by atoms with van der Waals surface area (Å²) in [5.74, 6) is 0.573. The molecule has 0 saturated heterocycles. The normalized spacial score (nSPS) is 17.1. The summed E-state index contributed by atoms with van der Waals surface area (Å²) in [7, 11) is 0. The van der Waals surface area contributed by atoms with Crippen LogP contribution in [-0.4, -0.2) is 18.8 Å². The van der Waals surface area contributed by atoms with Crippen LogP contribution in [0.1, 0.15) is 48.0 Å². The third kappa shape index (κ3) is 4.97. The first-order valence-electron chi connectivity index (χ1n) is 5.66. The summed E-state index contributed by atoms with van der Waals surface area (Å²) in [6.45, 7) is 13.8. The molecule has 0 heterocycles. The van der Waals surface area contributed by atoms with Crippen molar-refractivity contribution >= 4 is 0 Å². The monoisotopic (exact) mass is 201 g/mol. The van der Waals surface area contributed by atoms with E-state index in [0.29, 0.717) is 5.92 Å². The molecule has 0 fully saturated rings. The second kappa shape index (κ2) is 5.72. The van der Waals surface area contributed by atoms with Crippen molar-refractivity contribution in [1.82, 2.24) is 0 Å². The number of ether oxygens (including phenoxy) is 1. The van der Waals surface area contributed by atoms with Gasteiger partial charge in [-0.05, 0) is 17.8 Å². The molecule has 0 aromatic rings. The standard InChI is InChI=1S/C12H27NO/c1-7-10(13)11(12(4,5)6)14-8-9(2)3/h9-11H,7-8,13H2,1-6H3. The second-order valence-electron chi connectivity index (χ2n) is 5.59. The van der Waals surface area contributed by atoms with Crippen LogP contribution >= 0.6 is 0 Å². The maximum absolute atomic E-state index is 6.06. The molecule has 2 heteroatoms. The fourth-order valence-corrected chi connectivity index (χ4v) is 1.53. The quantitative estimate of drug-likeness (QED) is 0.742. The lowest BCUT2D eigenvalue weighted by atomic mass is 9.84. The molecule has 0 aliphatic heterocycles. The van der Waals surface area contributed by atoms with E-state index in [9.17, 15) is 0 Å². The van der Waals surface area contributed by atoms with Gasteiger partial charge in [0.2, 0.25) is 0 Å². The Morgan fingerprint density at radius 2 is 1.71 bits per heavy atom. The van der Waals surface area contributed by atoms with Crippen LogP contribution < -0.4 is 5.73 Å². The highest BCUT2D eigenvalue weighted by Gasteiger charge is 2.30. The van der Waals surface area contributed by atoms with Gasteiger partial charge in [0.1, 0.15) is 0 Å². The van der Waals surface area contributed by atoms with Crippen LogP contribution in [0.4, 0.5) is 0 Å². The van der Waals surface area contributed by atoms with Gasteiger partial charge in [0.15, 0.2) is 0 Å². The molecule has 0 bridgehead atoms. The molecule has 0 aromatic heterocycles. The predicted molar refractivity (Wildman–Crippen MR) is 62.3 cm³/mol. The van der Waals surface area contributed by atoms with E-state index >= 15 is 0 Å². The summed E-state index contributed by atoms with van der Waals surface area (Å²) < 4.78 is 5.90. The van der Waals surface area contributed by atoms with Gasteiger partial charge in [0.05, 0.1) is 6.10 Å². The minimum Gasteiger partial charge on any atom is -0.376 e.